The lowest BCUT2D eigenvalue weighted by Crippen LogP contribution is -2.38. The lowest BCUT2D eigenvalue weighted by molar-refractivity contribution is 0.0702. The van der Waals surface area contributed by atoms with Gasteiger partial charge in [-0.25, -0.2) is 0 Å². The Kier molecular flexibility index (Phi) is 12.6. The van der Waals surface area contributed by atoms with Crippen molar-refractivity contribution in [3.05, 3.63) is 17.7 Å². The van der Waals surface area contributed by atoms with Crippen LogP contribution in [0.15, 0.2) is 17.1 Å². The molecular weight excluding hydrogens is 362 g/mol. The van der Waals surface area contributed by atoms with Crippen LogP contribution >= 0.6 is 0 Å². The quantitative estimate of drug-likeness (QED) is 0.282. The molecular formula is C20H35N3O5. The predicted octanol–water partition coefficient (Wildman–Crippen LogP) is 1.86. The minimum absolute atomic E-state index is 0.615. The molecule has 0 unspecified atom stereocenters. The lowest BCUT2D eigenvalue weighted by Gasteiger charge is -2.16. The Labute approximate surface area is 168 Å². The summed E-state index contributed by atoms with van der Waals surface area (Å²) in [5.41, 5.74) is 0.987. The molecule has 0 aliphatic carbocycles. The molecule has 1 aromatic carbocycles. The normalized spacial score (nSPS) is 11.2. The van der Waals surface area contributed by atoms with Crippen LogP contribution in [-0.2, 0) is 15.9 Å². The van der Waals surface area contributed by atoms with Crippen LogP contribution in [0.5, 0.6) is 17.2 Å². The Balaban J connectivity index is 2.56. The van der Waals surface area contributed by atoms with E-state index in [0.717, 1.165) is 42.4 Å². The molecule has 1 rings (SSSR count). The third-order valence-electron chi connectivity index (χ3n) is 3.98. The maximum atomic E-state index is 5.50. The van der Waals surface area contributed by atoms with Crippen molar-refractivity contribution in [2.75, 3.05) is 67.9 Å². The fourth-order valence-corrected chi connectivity index (χ4v) is 2.57. The summed E-state index contributed by atoms with van der Waals surface area (Å²) < 4.78 is 26.7. The molecule has 0 aromatic heterocycles. The molecule has 0 amide bonds. The van der Waals surface area contributed by atoms with Crippen LogP contribution in [0.2, 0.25) is 0 Å². The van der Waals surface area contributed by atoms with Crippen LogP contribution in [0.25, 0.3) is 0 Å². The molecule has 28 heavy (non-hydrogen) atoms. The third kappa shape index (κ3) is 8.67. The first-order valence-electron chi connectivity index (χ1n) is 9.57. The number of aliphatic imine (C=N–C) groups is 1. The van der Waals surface area contributed by atoms with Crippen molar-refractivity contribution in [3.8, 4) is 17.2 Å². The topological polar surface area (TPSA) is 82.6 Å². The Morgan fingerprint density at radius 3 is 2.21 bits per heavy atom. The van der Waals surface area contributed by atoms with Crippen LogP contribution in [0.3, 0.4) is 0 Å². The molecule has 0 saturated heterocycles. The Bertz CT molecular complexity index is 556. The van der Waals surface area contributed by atoms with Gasteiger partial charge in [0.2, 0.25) is 0 Å². The Morgan fingerprint density at radius 1 is 0.929 bits per heavy atom. The highest BCUT2D eigenvalue weighted by molar-refractivity contribution is 5.79. The van der Waals surface area contributed by atoms with E-state index >= 15 is 0 Å². The largest absolute Gasteiger partial charge is 0.496 e. The highest BCUT2D eigenvalue weighted by Crippen LogP contribution is 2.34. The first kappa shape index (κ1) is 23.8. The van der Waals surface area contributed by atoms with E-state index in [1.807, 2.05) is 19.1 Å². The number of hydrogen-bond donors (Lipinski definition) is 2. The Hall–Kier alpha value is -2.19. The van der Waals surface area contributed by atoms with Crippen molar-refractivity contribution in [2.24, 2.45) is 4.99 Å². The number of guanidine groups is 1. The van der Waals surface area contributed by atoms with E-state index in [0.29, 0.717) is 38.7 Å². The van der Waals surface area contributed by atoms with E-state index in [9.17, 15) is 0 Å². The molecule has 0 aliphatic rings. The second-order valence-corrected chi connectivity index (χ2v) is 5.91. The summed E-state index contributed by atoms with van der Waals surface area (Å²) in [6.45, 7) is 6.13. The van der Waals surface area contributed by atoms with Crippen LogP contribution in [0, 0.1) is 0 Å². The number of nitrogens with one attached hydrogen (secondary N) is 2. The summed E-state index contributed by atoms with van der Waals surface area (Å²) in [5.74, 6) is 2.97. The van der Waals surface area contributed by atoms with Crippen molar-refractivity contribution in [1.29, 1.82) is 0 Å². The van der Waals surface area contributed by atoms with Gasteiger partial charge in [0, 0.05) is 51.0 Å². The zero-order chi connectivity index (χ0) is 20.6. The van der Waals surface area contributed by atoms with Gasteiger partial charge in [-0.15, -0.1) is 0 Å². The monoisotopic (exact) mass is 397 g/mol. The SMILES string of the molecule is CCNC(=NCCCOCCOC)NCCc1c(OC)cc(OC)cc1OC. The summed E-state index contributed by atoms with van der Waals surface area (Å²) in [4.78, 5) is 4.58. The van der Waals surface area contributed by atoms with Gasteiger partial charge in [0.1, 0.15) is 17.2 Å². The van der Waals surface area contributed by atoms with Crippen molar-refractivity contribution < 1.29 is 23.7 Å². The van der Waals surface area contributed by atoms with E-state index < -0.39 is 0 Å². The van der Waals surface area contributed by atoms with Crippen LogP contribution in [0.1, 0.15) is 18.9 Å². The summed E-state index contributed by atoms with van der Waals surface area (Å²) in [6, 6.07) is 3.72. The van der Waals surface area contributed by atoms with Crippen molar-refractivity contribution in [2.45, 2.75) is 19.8 Å². The van der Waals surface area contributed by atoms with Gasteiger partial charge in [-0.05, 0) is 19.8 Å². The smallest absolute Gasteiger partial charge is 0.191 e. The molecule has 160 valence electrons. The zero-order valence-electron chi connectivity index (χ0n) is 17.8. The van der Waals surface area contributed by atoms with Gasteiger partial charge in [-0.1, -0.05) is 0 Å². The van der Waals surface area contributed by atoms with Crippen molar-refractivity contribution >= 4 is 5.96 Å². The molecule has 0 heterocycles. The van der Waals surface area contributed by atoms with Crippen LogP contribution < -0.4 is 24.8 Å². The van der Waals surface area contributed by atoms with E-state index in [2.05, 4.69) is 15.6 Å². The summed E-state index contributed by atoms with van der Waals surface area (Å²) >= 11 is 0. The standard InChI is InChI=1S/C20H35N3O5/c1-6-21-20(22-9-7-11-28-13-12-24-2)23-10-8-17-18(26-4)14-16(25-3)15-19(17)27-5/h14-15H,6-13H2,1-5H3,(H2,21,22,23). The molecule has 0 bridgehead atoms. The average Bonchev–Trinajstić information content (AvgIpc) is 2.72. The second kappa shape index (κ2) is 14.8. The van der Waals surface area contributed by atoms with Gasteiger partial charge < -0.3 is 34.3 Å². The van der Waals surface area contributed by atoms with Crippen molar-refractivity contribution in [1.82, 2.24) is 10.6 Å². The van der Waals surface area contributed by atoms with Gasteiger partial charge in [-0.3, -0.25) is 4.99 Å². The van der Waals surface area contributed by atoms with E-state index in [1.165, 1.54) is 0 Å². The fraction of sp³-hybridized carbons (Fsp3) is 0.650. The second-order valence-electron chi connectivity index (χ2n) is 5.91. The summed E-state index contributed by atoms with van der Waals surface area (Å²) in [5, 5.41) is 6.60. The highest BCUT2D eigenvalue weighted by atomic mass is 16.5. The van der Waals surface area contributed by atoms with Gasteiger partial charge in [0.15, 0.2) is 5.96 Å². The van der Waals surface area contributed by atoms with E-state index in [-0.39, 0.29) is 0 Å². The molecule has 0 fully saturated rings. The van der Waals surface area contributed by atoms with Crippen LogP contribution in [0.4, 0.5) is 0 Å². The minimum atomic E-state index is 0.615. The first-order valence-corrected chi connectivity index (χ1v) is 9.57. The fourth-order valence-electron chi connectivity index (χ4n) is 2.57. The van der Waals surface area contributed by atoms with E-state index in [1.54, 1.807) is 28.4 Å². The number of hydrogen-bond acceptors (Lipinski definition) is 6. The molecule has 2 N–H and O–H groups in total. The highest BCUT2D eigenvalue weighted by Gasteiger charge is 2.13. The lowest BCUT2D eigenvalue weighted by atomic mass is 10.1. The van der Waals surface area contributed by atoms with Crippen LogP contribution in [-0.4, -0.2) is 73.9 Å². The maximum absolute atomic E-state index is 5.50. The number of nitrogens with zero attached hydrogens (tertiary/aromatic N) is 1. The molecule has 0 saturated carbocycles. The third-order valence-corrected chi connectivity index (χ3v) is 3.98. The van der Waals surface area contributed by atoms with E-state index in [4.69, 9.17) is 23.7 Å². The molecule has 0 aliphatic heterocycles. The molecule has 8 nitrogen and oxygen atoms in total. The molecule has 0 atom stereocenters. The number of ether oxygens (including phenoxy) is 5. The number of benzene rings is 1. The molecule has 8 heteroatoms. The van der Waals surface area contributed by atoms with Gasteiger partial charge in [0.05, 0.1) is 34.5 Å². The van der Waals surface area contributed by atoms with Crippen molar-refractivity contribution in [3.63, 3.8) is 0 Å². The molecule has 0 spiro atoms. The average molecular weight is 398 g/mol. The number of rotatable bonds is 14. The predicted molar refractivity (Wildman–Crippen MR) is 111 cm³/mol. The Morgan fingerprint density at radius 2 is 1.64 bits per heavy atom. The van der Waals surface area contributed by atoms with Gasteiger partial charge in [-0.2, -0.15) is 0 Å². The molecule has 1 aromatic rings. The summed E-state index contributed by atoms with van der Waals surface area (Å²) in [6.07, 6.45) is 1.58. The first-order chi connectivity index (χ1) is 13.7. The van der Waals surface area contributed by atoms with Gasteiger partial charge >= 0.3 is 0 Å². The van der Waals surface area contributed by atoms with Gasteiger partial charge in [0.25, 0.3) is 0 Å². The zero-order valence-corrected chi connectivity index (χ0v) is 17.8. The minimum Gasteiger partial charge on any atom is -0.496 e. The summed E-state index contributed by atoms with van der Waals surface area (Å²) in [7, 11) is 6.58. The molecule has 0 radical (unpaired) electrons. The number of methoxy groups -OCH3 is 4. The maximum Gasteiger partial charge on any atom is 0.191 e.